The van der Waals surface area contributed by atoms with Crippen molar-refractivity contribution in [3.05, 3.63) is 176 Å². The quantitative estimate of drug-likeness (QED) is 0.184. The Morgan fingerprint density at radius 3 is 1.47 bits per heavy atom. The summed E-state index contributed by atoms with van der Waals surface area (Å²) in [6.45, 7) is 0. The van der Waals surface area contributed by atoms with Crippen molar-refractivity contribution in [3.63, 3.8) is 0 Å². The zero-order valence-corrected chi connectivity index (χ0v) is 29.3. The molecule has 8 aromatic carbocycles. The first-order chi connectivity index (χ1) is 26.3. The Labute approximate surface area is 310 Å². The number of thiophene rings is 1. The average molecular weight is 692 g/mol. The highest BCUT2D eigenvalue weighted by Gasteiger charge is 2.28. The van der Waals surface area contributed by atoms with Gasteiger partial charge in [0.25, 0.3) is 0 Å². The molecule has 0 saturated heterocycles. The Morgan fingerprint density at radius 2 is 0.811 bits per heavy atom. The minimum Gasteiger partial charge on any atom is -0.208 e. The third-order valence-electron chi connectivity index (χ3n) is 10.5. The molecule has 0 saturated carbocycles. The van der Waals surface area contributed by atoms with Gasteiger partial charge >= 0.3 is 0 Å². The lowest BCUT2D eigenvalue weighted by Gasteiger charge is -2.14. The minimum atomic E-state index is 0.656. The van der Waals surface area contributed by atoms with Gasteiger partial charge in [-0.2, -0.15) is 0 Å². The smallest absolute Gasteiger partial charge is 0.164 e. The first kappa shape index (κ1) is 29.9. The van der Waals surface area contributed by atoms with Crippen molar-refractivity contribution < 1.29 is 0 Å². The van der Waals surface area contributed by atoms with E-state index in [4.69, 9.17) is 15.0 Å². The Balaban J connectivity index is 1.21. The number of fused-ring (bicyclic) bond motifs is 8. The molecule has 10 aromatic rings. The second-order valence-electron chi connectivity index (χ2n) is 13.5. The molecule has 11 rings (SSSR count). The van der Waals surface area contributed by atoms with Crippen LogP contribution in [-0.2, 0) is 0 Å². The SMILES string of the molecule is c1ccc(-c2nc(-c3ccccc3)nc(-c3ccc(-c4sc5c6c(cc7ccccc75)-c5ccccc5-c5ccccc5-c46)c4ccccc34)n2)cc1. The monoisotopic (exact) mass is 691 g/mol. The summed E-state index contributed by atoms with van der Waals surface area (Å²) in [4.78, 5) is 16.5. The van der Waals surface area contributed by atoms with Crippen LogP contribution in [0.4, 0.5) is 0 Å². The molecule has 1 aliphatic rings. The molecule has 2 aromatic heterocycles. The van der Waals surface area contributed by atoms with Crippen molar-refractivity contribution in [2.24, 2.45) is 0 Å². The Kier molecular flexibility index (Phi) is 6.73. The van der Waals surface area contributed by atoms with Crippen LogP contribution in [0.15, 0.2) is 176 Å². The third-order valence-corrected chi connectivity index (χ3v) is 11.8. The molecule has 0 bridgehead atoms. The fourth-order valence-corrected chi connectivity index (χ4v) is 9.52. The van der Waals surface area contributed by atoms with Crippen LogP contribution < -0.4 is 0 Å². The minimum absolute atomic E-state index is 0.656. The summed E-state index contributed by atoms with van der Waals surface area (Å²) in [6, 6.07) is 62.6. The summed E-state index contributed by atoms with van der Waals surface area (Å²) in [5, 5.41) is 6.14. The van der Waals surface area contributed by atoms with Crippen molar-refractivity contribution in [1.82, 2.24) is 15.0 Å². The summed E-state index contributed by atoms with van der Waals surface area (Å²) in [5.41, 5.74) is 11.8. The zero-order chi connectivity index (χ0) is 34.9. The predicted octanol–water partition coefficient (Wildman–Crippen LogP) is 13.4. The topological polar surface area (TPSA) is 38.7 Å². The van der Waals surface area contributed by atoms with Gasteiger partial charge in [-0.25, -0.2) is 15.0 Å². The number of hydrogen-bond donors (Lipinski definition) is 0. The van der Waals surface area contributed by atoms with Crippen LogP contribution >= 0.6 is 11.3 Å². The van der Waals surface area contributed by atoms with Gasteiger partial charge in [0.2, 0.25) is 0 Å². The molecule has 0 aliphatic heterocycles. The highest BCUT2D eigenvalue weighted by molar-refractivity contribution is 7.24. The molecule has 0 fully saturated rings. The van der Waals surface area contributed by atoms with Crippen molar-refractivity contribution in [2.45, 2.75) is 0 Å². The van der Waals surface area contributed by atoms with E-state index < -0.39 is 0 Å². The van der Waals surface area contributed by atoms with E-state index in [2.05, 4.69) is 140 Å². The molecule has 0 N–H and O–H groups in total. The van der Waals surface area contributed by atoms with Gasteiger partial charge in [-0.1, -0.05) is 164 Å². The molecular weight excluding hydrogens is 663 g/mol. The van der Waals surface area contributed by atoms with Gasteiger partial charge in [-0.05, 0) is 61.5 Å². The van der Waals surface area contributed by atoms with Crippen LogP contribution in [-0.4, -0.2) is 15.0 Å². The lowest BCUT2D eigenvalue weighted by atomic mass is 9.91. The molecule has 0 unspecified atom stereocenters. The van der Waals surface area contributed by atoms with Crippen LogP contribution in [0.5, 0.6) is 0 Å². The molecule has 0 amide bonds. The maximum Gasteiger partial charge on any atom is 0.164 e. The largest absolute Gasteiger partial charge is 0.208 e. The molecule has 0 radical (unpaired) electrons. The lowest BCUT2D eigenvalue weighted by Crippen LogP contribution is -2.00. The zero-order valence-electron chi connectivity index (χ0n) is 28.5. The first-order valence-electron chi connectivity index (χ1n) is 17.9. The van der Waals surface area contributed by atoms with Crippen LogP contribution in [0.25, 0.3) is 110 Å². The van der Waals surface area contributed by atoms with Crippen LogP contribution in [0.2, 0.25) is 0 Å². The summed E-state index contributed by atoms with van der Waals surface area (Å²) in [5.74, 6) is 1.97. The molecule has 0 spiro atoms. The fraction of sp³-hybridized carbons (Fsp3) is 0. The van der Waals surface area contributed by atoms with Crippen molar-refractivity contribution >= 4 is 43.0 Å². The number of nitrogens with zero attached hydrogens (tertiary/aromatic N) is 3. The maximum atomic E-state index is 5.12. The number of rotatable bonds is 4. The molecular formula is C49H29N3S. The first-order valence-corrected chi connectivity index (χ1v) is 18.7. The Hall–Kier alpha value is -6.75. The lowest BCUT2D eigenvalue weighted by molar-refractivity contribution is 1.08. The van der Waals surface area contributed by atoms with Crippen LogP contribution in [0, 0.1) is 0 Å². The van der Waals surface area contributed by atoms with Gasteiger partial charge in [0.05, 0.1) is 0 Å². The summed E-state index contributed by atoms with van der Waals surface area (Å²) < 4.78 is 1.32. The van der Waals surface area contributed by atoms with E-state index in [1.807, 2.05) is 47.7 Å². The van der Waals surface area contributed by atoms with Crippen LogP contribution in [0.1, 0.15) is 0 Å². The standard InChI is InChI=1S/C49H29N3S/c1-3-15-30(16-4-1)47-50-48(31-17-5-2-6-18-31)52-49(51-47)41-28-27-40(36-23-10-11-24-37(36)41)46-43-39-26-14-13-22-35(39)34-21-9-12-25-38(34)42-29-32-19-7-8-20-33(32)45(53-46)44(42)43/h1-29H. The third kappa shape index (κ3) is 4.70. The van der Waals surface area contributed by atoms with Crippen molar-refractivity contribution in [1.29, 1.82) is 0 Å². The van der Waals surface area contributed by atoms with E-state index in [1.54, 1.807) is 0 Å². The second kappa shape index (κ2) is 11.9. The molecule has 4 heteroatoms. The van der Waals surface area contributed by atoms with E-state index in [0.717, 1.165) is 22.1 Å². The normalized spacial score (nSPS) is 11.8. The highest BCUT2D eigenvalue weighted by Crippen LogP contribution is 2.56. The molecule has 0 atom stereocenters. The molecule has 1 aliphatic carbocycles. The van der Waals surface area contributed by atoms with E-state index in [0.29, 0.717) is 17.5 Å². The van der Waals surface area contributed by atoms with E-state index in [-0.39, 0.29) is 0 Å². The number of hydrogen-bond acceptors (Lipinski definition) is 4. The van der Waals surface area contributed by atoms with Gasteiger partial charge in [0.15, 0.2) is 17.5 Å². The number of aromatic nitrogens is 3. The predicted molar refractivity (Wildman–Crippen MR) is 222 cm³/mol. The molecule has 53 heavy (non-hydrogen) atoms. The maximum absolute atomic E-state index is 5.12. The summed E-state index contributed by atoms with van der Waals surface area (Å²) in [7, 11) is 0. The van der Waals surface area contributed by atoms with E-state index >= 15 is 0 Å². The van der Waals surface area contributed by atoms with Crippen molar-refractivity contribution in [3.8, 4) is 78.0 Å². The molecule has 3 nitrogen and oxygen atoms in total. The fourth-order valence-electron chi connectivity index (χ4n) is 8.10. The summed E-state index contributed by atoms with van der Waals surface area (Å²) in [6.07, 6.45) is 0. The number of benzene rings is 8. The van der Waals surface area contributed by atoms with E-state index in [9.17, 15) is 0 Å². The highest BCUT2D eigenvalue weighted by atomic mass is 32.1. The van der Waals surface area contributed by atoms with Crippen LogP contribution in [0.3, 0.4) is 0 Å². The van der Waals surface area contributed by atoms with Gasteiger partial charge < -0.3 is 0 Å². The second-order valence-corrected chi connectivity index (χ2v) is 14.5. The molecule has 2 heterocycles. The van der Waals surface area contributed by atoms with Gasteiger partial charge in [0.1, 0.15) is 0 Å². The summed E-state index contributed by atoms with van der Waals surface area (Å²) >= 11 is 1.91. The van der Waals surface area contributed by atoms with Gasteiger partial charge in [-0.15, -0.1) is 11.3 Å². The van der Waals surface area contributed by atoms with Crippen molar-refractivity contribution in [2.75, 3.05) is 0 Å². The average Bonchev–Trinajstić information content (AvgIpc) is 3.59. The van der Waals surface area contributed by atoms with E-state index in [1.165, 1.54) is 70.1 Å². The van der Waals surface area contributed by atoms with Gasteiger partial charge in [0, 0.05) is 42.8 Å². The molecule has 246 valence electrons. The van der Waals surface area contributed by atoms with Gasteiger partial charge in [-0.3, -0.25) is 0 Å². The Morgan fingerprint density at radius 1 is 0.340 bits per heavy atom. The Bertz CT molecular complexity index is 3000.